The molecule has 334 valence electrons. The molecule has 0 bridgehead atoms. The molecule has 3 aliphatic rings. The van der Waals surface area contributed by atoms with Gasteiger partial charge in [-0.15, -0.1) is 0 Å². The maximum Gasteiger partial charge on any atom is 0.407 e. The van der Waals surface area contributed by atoms with Crippen LogP contribution in [0.1, 0.15) is 90.2 Å². The molecule has 3 aromatic carbocycles. The van der Waals surface area contributed by atoms with Crippen molar-refractivity contribution in [3.8, 4) is 33.5 Å². The summed E-state index contributed by atoms with van der Waals surface area (Å²) in [6.45, 7) is 11.9. The Bertz CT molecular complexity index is 2380. The third kappa shape index (κ3) is 9.11. The van der Waals surface area contributed by atoms with Crippen LogP contribution in [0.3, 0.4) is 0 Å². The number of aromatic nitrogens is 2. The van der Waals surface area contributed by atoms with Gasteiger partial charge < -0.3 is 40.2 Å². The summed E-state index contributed by atoms with van der Waals surface area (Å²) in [6.07, 6.45) is 2.68. The first kappa shape index (κ1) is 44.7. The summed E-state index contributed by atoms with van der Waals surface area (Å²) in [4.78, 5) is 76.4. The van der Waals surface area contributed by atoms with Crippen LogP contribution >= 0.6 is 0 Å². The fourth-order valence-electron chi connectivity index (χ4n) is 8.83. The fraction of sp³-hybridized carbons (Fsp3) is 0.447. The minimum absolute atomic E-state index is 0.139. The van der Waals surface area contributed by atoms with Gasteiger partial charge in [-0.05, 0) is 97.9 Å². The average molecular weight is 868 g/mol. The molecule has 1 aliphatic carbocycles. The van der Waals surface area contributed by atoms with E-state index in [0.717, 1.165) is 6.42 Å². The van der Waals surface area contributed by atoms with Crippen molar-refractivity contribution in [3.05, 3.63) is 83.8 Å². The number of ether oxygens (including phenoxy) is 2. The van der Waals surface area contributed by atoms with E-state index in [4.69, 9.17) is 9.47 Å². The average Bonchev–Trinajstić information content (AvgIpc) is 4.08. The Kier molecular flexibility index (Phi) is 13.2. The number of carbonyl (C=O) groups excluding carboxylic acids is 5. The number of benzene rings is 3. The first-order chi connectivity index (χ1) is 30.1. The number of anilines is 1. The zero-order valence-corrected chi connectivity index (χ0v) is 36.4. The number of H-pyrrole nitrogens is 1. The van der Waals surface area contributed by atoms with Crippen LogP contribution in [0, 0.1) is 11.8 Å². The Morgan fingerprint density at radius 3 is 1.94 bits per heavy atom. The fourth-order valence-corrected chi connectivity index (χ4v) is 8.83. The lowest BCUT2D eigenvalue weighted by Gasteiger charge is -2.30. The van der Waals surface area contributed by atoms with Crippen LogP contribution < -0.4 is 16.0 Å². The summed E-state index contributed by atoms with van der Waals surface area (Å²) in [7, 11) is 0. The van der Waals surface area contributed by atoms with E-state index in [0.29, 0.717) is 77.4 Å². The summed E-state index contributed by atoms with van der Waals surface area (Å²) >= 11 is 0. The number of likely N-dealkylation sites (tertiary alicyclic amines) is 2. The number of halogens is 2. The Labute approximate surface area is 365 Å². The number of alkyl carbamates (subject to hydrolysis) is 2. The molecule has 0 spiro atoms. The van der Waals surface area contributed by atoms with Crippen molar-refractivity contribution in [2.24, 2.45) is 11.8 Å². The quantitative estimate of drug-likeness (QED) is 0.105. The monoisotopic (exact) mass is 867 g/mol. The van der Waals surface area contributed by atoms with Crippen LogP contribution in [-0.4, -0.2) is 94.1 Å². The molecular weight excluding hydrogens is 813 g/mol. The number of fused-ring (bicyclic) bond motifs is 3. The Morgan fingerprint density at radius 2 is 1.32 bits per heavy atom. The zero-order valence-electron chi connectivity index (χ0n) is 36.4. The largest absolute Gasteiger partial charge is 0.450 e. The summed E-state index contributed by atoms with van der Waals surface area (Å²) in [5, 5.41) is 8.24. The third-order valence-corrected chi connectivity index (χ3v) is 12.0. The molecule has 16 heteroatoms. The molecule has 7 rings (SSSR count). The lowest BCUT2D eigenvalue weighted by atomic mass is 9.98. The predicted octanol–water partition coefficient (Wildman–Crippen LogP) is 8.00. The van der Waals surface area contributed by atoms with Gasteiger partial charge >= 0.3 is 12.2 Å². The second kappa shape index (κ2) is 18.6. The number of rotatable bonds is 13. The highest BCUT2D eigenvalue weighted by Crippen LogP contribution is 2.53. The number of imidazole rings is 1. The maximum absolute atomic E-state index is 16.5. The zero-order chi connectivity index (χ0) is 45.2. The predicted molar refractivity (Wildman–Crippen MR) is 233 cm³/mol. The Hall–Kier alpha value is -6.32. The van der Waals surface area contributed by atoms with Gasteiger partial charge in [-0.25, -0.2) is 14.6 Å². The van der Waals surface area contributed by atoms with Gasteiger partial charge in [0.15, 0.2) is 0 Å². The molecule has 5 amide bonds. The van der Waals surface area contributed by atoms with Crippen LogP contribution in [0.2, 0.25) is 0 Å². The van der Waals surface area contributed by atoms with E-state index in [-0.39, 0.29) is 59.9 Å². The third-order valence-electron chi connectivity index (χ3n) is 12.0. The molecule has 14 nitrogen and oxygen atoms in total. The molecule has 1 unspecified atom stereocenters. The SMILES string of the molecule is CCOC(=O)NC(C(=O)N1CCC[C@H]1c1ncc(-c2ccc3c(c2)C(F)(F)c2cc(-c4cccc(NC(=O)[C@@H]5CCCN5C(=O)[C@@H](NC(=O)OCC)C(C)C)c4)ccc2-3)[nH]1)C(C)C. The molecule has 0 saturated carbocycles. The second-order valence-electron chi connectivity index (χ2n) is 16.9. The van der Waals surface area contributed by atoms with Crippen molar-refractivity contribution in [2.75, 3.05) is 31.6 Å². The van der Waals surface area contributed by atoms with Crippen LogP contribution in [0.4, 0.5) is 24.1 Å². The van der Waals surface area contributed by atoms with Crippen molar-refractivity contribution >= 4 is 35.6 Å². The number of nitrogens with one attached hydrogen (secondary N) is 4. The minimum Gasteiger partial charge on any atom is -0.450 e. The molecular formula is C47H55F2N7O7. The maximum atomic E-state index is 16.5. The van der Waals surface area contributed by atoms with Crippen LogP contribution in [0.15, 0.2) is 66.9 Å². The minimum atomic E-state index is -3.33. The van der Waals surface area contributed by atoms with Crippen molar-refractivity contribution < 1.29 is 42.2 Å². The van der Waals surface area contributed by atoms with E-state index in [1.54, 1.807) is 73.5 Å². The highest BCUT2D eigenvalue weighted by molar-refractivity contribution is 5.99. The summed E-state index contributed by atoms with van der Waals surface area (Å²) in [5.74, 6) is -4.22. The van der Waals surface area contributed by atoms with Crippen molar-refractivity contribution in [2.45, 2.75) is 97.3 Å². The molecule has 63 heavy (non-hydrogen) atoms. The second-order valence-corrected chi connectivity index (χ2v) is 16.9. The van der Waals surface area contributed by atoms with E-state index in [9.17, 15) is 24.0 Å². The first-order valence-electron chi connectivity index (χ1n) is 21.7. The molecule has 2 fully saturated rings. The van der Waals surface area contributed by atoms with Crippen molar-refractivity contribution in [1.82, 2.24) is 30.4 Å². The lowest BCUT2D eigenvalue weighted by molar-refractivity contribution is -0.139. The van der Waals surface area contributed by atoms with Crippen molar-refractivity contribution in [3.63, 3.8) is 0 Å². The highest BCUT2D eigenvalue weighted by Gasteiger charge is 2.45. The smallest absolute Gasteiger partial charge is 0.407 e. The molecule has 4 aromatic rings. The molecule has 0 radical (unpaired) electrons. The van der Waals surface area contributed by atoms with E-state index < -0.39 is 36.2 Å². The van der Waals surface area contributed by atoms with Crippen LogP contribution in [-0.2, 0) is 29.8 Å². The van der Waals surface area contributed by atoms with E-state index in [1.807, 2.05) is 27.7 Å². The van der Waals surface area contributed by atoms with Gasteiger partial charge in [-0.1, -0.05) is 64.1 Å². The van der Waals surface area contributed by atoms with E-state index >= 15 is 8.78 Å². The number of aromatic amines is 1. The first-order valence-corrected chi connectivity index (χ1v) is 21.7. The topological polar surface area (TPSA) is 175 Å². The van der Waals surface area contributed by atoms with Crippen molar-refractivity contribution in [1.29, 1.82) is 0 Å². The van der Waals surface area contributed by atoms with Crippen LogP contribution in [0.25, 0.3) is 33.5 Å². The number of alkyl halides is 2. The molecule has 4 N–H and O–H groups in total. The molecule has 1 aromatic heterocycles. The van der Waals surface area contributed by atoms with Gasteiger partial charge in [-0.2, -0.15) is 8.78 Å². The molecule has 2 aliphatic heterocycles. The lowest BCUT2D eigenvalue weighted by Crippen LogP contribution is -2.54. The van der Waals surface area contributed by atoms with Gasteiger partial charge in [0.25, 0.3) is 5.92 Å². The normalized spacial score (nSPS) is 18.4. The van der Waals surface area contributed by atoms with Gasteiger partial charge in [-0.3, -0.25) is 14.4 Å². The Morgan fingerprint density at radius 1 is 0.762 bits per heavy atom. The van der Waals surface area contributed by atoms with Gasteiger partial charge in [0.05, 0.1) is 31.1 Å². The number of nitrogens with zero attached hydrogens (tertiary/aromatic N) is 3. The number of hydrogen-bond donors (Lipinski definition) is 4. The molecule has 2 saturated heterocycles. The van der Waals surface area contributed by atoms with Gasteiger partial charge in [0.2, 0.25) is 17.7 Å². The highest BCUT2D eigenvalue weighted by atomic mass is 19.3. The van der Waals surface area contributed by atoms with Gasteiger partial charge in [0.1, 0.15) is 23.9 Å². The number of amides is 5. The molecule has 3 heterocycles. The standard InChI is InChI=1S/C47H55F2N7O7/c1-7-62-45(60)53-39(26(3)4)43(58)55-20-10-14-37(55)41-50-25-36(52-41)30-17-19-33-32-18-16-29(23-34(32)47(48,49)35(33)24-30)28-12-9-13-31(22-28)51-42(57)38-15-11-21-56(38)44(59)40(27(5)6)54-46(61)63-8-2/h9,12-13,16-19,22-27,37-40H,7-8,10-11,14-15,20-21H2,1-6H3,(H,50,52)(H,51,57)(H,53,60)(H,54,61)/t37-,38-,39?,40-/m0/s1. The Balaban J connectivity index is 1.06. The van der Waals surface area contributed by atoms with Crippen LogP contribution in [0.5, 0.6) is 0 Å². The number of hydrogen-bond acceptors (Lipinski definition) is 8. The summed E-state index contributed by atoms with van der Waals surface area (Å²) in [5.41, 5.74) is 3.19. The van der Waals surface area contributed by atoms with E-state index in [2.05, 4.69) is 25.9 Å². The van der Waals surface area contributed by atoms with E-state index in [1.165, 1.54) is 17.0 Å². The molecule has 4 atom stereocenters. The summed E-state index contributed by atoms with van der Waals surface area (Å²) in [6, 6.07) is 14.0. The van der Waals surface area contributed by atoms with Gasteiger partial charge in [0, 0.05) is 35.5 Å². The number of carbonyl (C=O) groups is 5. The summed E-state index contributed by atoms with van der Waals surface area (Å²) < 4.78 is 43.0.